The fraction of sp³-hybridized carbons (Fsp3) is 0.417. The molecule has 0 spiro atoms. The summed E-state index contributed by atoms with van der Waals surface area (Å²) >= 11 is 6.00. The Morgan fingerprint density at radius 3 is 2.72 bits per heavy atom. The zero-order valence-electron chi connectivity index (χ0n) is 9.81. The van der Waals surface area contributed by atoms with Crippen LogP contribution in [-0.2, 0) is 9.53 Å². The normalized spacial score (nSPS) is 15.7. The zero-order valence-corrected chi connectivity index (χ0v) is 10.6. The molecule has 98 valence electrons. The number of aliphatic hydroxyl groups excluding tert-OH is 1. The molecule has 0 saturated carbocycles. The first kappa shape index (κ1) is 13.0. The Bertz CT molecular complexity index is 460. The van der Waals surface area contributed by atoms with Gasteiger partial charge in [-0.1, -0.05) is 17.7 Å². The Morgan fingerprint density at radius 1 is 1.39 bits per heavy atom. The van der Waals surface area contributed by atoms with Gasteiger partial charge in [0, 0.05) is 12.0 Å². The minimum absolute atomic E-state index is 0.295. The van der Waals surface area contributed by atoms with E-state index in [1.54, 1.807) is 6.07 Å². The molecule has 0 radical (unpaired) electrons. The molecule has 0 aromatic heterocycles. The van der Waals surface area contributed by atoms with Crippen molar-refractivity contribution in [1.29, 1.82) is 0 Å². The van der Waals surface area contributed by atoms with Crippen LogP contribution in [0.5, 0.6) is 11.5 Å². The number of rotatable bonds is 2. The second kappa shape index (κ2) is 5.46. The van der Waals surface area contributed by atoms with Gasteiger partial charge in [-0.15, -0.1) is 0 Å². The van der Waals surface area contributed by atoms with E-state index >= 15 is 0 Å². The van der Waals surface area contributed by atoms with Gasteiger partial charge >= 0.3 is 5.97 Å². The Hall–Kier alpha value is -1.46. The molecule has 1 atom stereocenters. The van der Waals surface area contributed by atoms with Crippen molar-refractivity contribution in [3.63, 3.8) is 0 Å². The monoisotopic (exact) mass is 272 g/mol. The van der Waals surface area contributed by atoms with Crippen LogP contribution in [0.15, 0.2) is 12.1 Å². The maximum atomic E-state index is 11.4. The van der Waals surface area contributed by atoms with Crippen molar-refractivity contribution < 1.29 is 24.1 Å². The molecule has 1 unspecified atom stereocenters. The van der Waals surface area contributed by atoms with Gasteiger partial charge < -0.3 is 19.3 Å². The van der Waals surface area contributed by atoms with Crippen molar-refractivity contribution in [1.82, 2.24) is 0 Å². The molecule has 1 aromatic carbocycles. The van der Waals surface area contributed by atoms with Gasteiger partial charge in [-0.05, 0) is 6.07 Å². The van der Waals surface area contributed by atoms with Gasteiger partial charge in [-0.2, -0.15) is 0 Å². The van der Waals surface area contributed by atoms with Gasteiger partial charge in [0.25, 0.3) is 0 Å². The third-order valence-electron chi connectivity index (χ3n) is 2.60. The van der Waals surface area contributed by atoms with E-state index in [4.69, 9.17) is 21.1 Å². The van der Waals surface area contributed by atoms with Gasteiger partial charge in [0.1, 0.15) is 0 Å². The smallest absolute Gasteiger partial charge is 0.339 e. The molecule has 5 nitrogen and oxygen atoms in total. The van der Waals surface area contributed by atoms with Crippen LogP contribution < -0.4 is 9.47 Å². The summed E-state index contributed by atoms with van der Waals surface area (Å²) in [6.07, 6.45) is -0.707. The lowest BCUT2D eigenvalue weighted by Crippen LogP contribution is -2.15. The lowest BCUT2D eigenvalue weighted by molar-refractivity contribution is -0.150. The van der Waals surface area contributed by atoms with Crippen LogP contribution in [0, 0.1) is 0 Å². The van der Waals surface area contributed by atoms with Gasteiger partial charge in [-0.3, -0.25) is 0 Å². The van der Waals surface area contributed by atoms with E-state index < -0.39 is 12.1 Å². The first-order valence-electron chi connectivity index (χ1n) is 5.49. The standard InChI is InChI=1S/C12H13ClO5/c1-16-12(15)9(14)7-3-4-8(13)11-10(7)17-5-2-6-18-11/h3-4,9,14H,2,5-6H2,1H3. The van der Waals surface area contributed by atoms with Gasteiger partial charge in [0.15, 0.2) is 17.6 Å². The first-order valence-corrected chi connectivity index (χ1v) is 5.87. The topological polar surface area (TPSA) is 65.0 Å². The van der Waals surface area contributed by atoms with Crippen molar-refractivity contribution in [2.24, 2.45) is 0 Å². The summed E-state index contributed by atoms with van der Waals surface area (Å²) in [7, 11) is 1.21. The minimum atomic E-state index is -1.41. The zero-order chi connectivity index (χ0) is 13.1. The quantitative estimate of drug-likeness (QED) is 0.830. The van der Waals surface area contributed by atoms with Gasteiger partial charge in [-0.25, -0.2) is 4.79 Å². The molecule has 1 heterocycles. The third-order valence-corrected chi connectivity index (χ3v) is 2.89. The van der Waals surface area contributed by atoms with Crippen LogP contribution in [0.1, 0.15) is 18.1 Å². The fourth-order valence-corrected chi connectivity index (χ4v) is 1.90. The summed E-state index contributed by atoms with van der Waals surface area (Å²) in [6, 6.07) is 3.08. The molecule has 1 aliphatic heterocycles. The largest absolute Gasteiger partial charge is 0.489 e. The lowest BCUT2D eigenvalue weighted by Gasteiger charge is -2.16. The molecule has 1 N–H and O–H groups in total. The lowest BCUT2D eigenvalue weighted by atomic mass is 10.1. The summed E-state index contributed by atoms with van der Waals surface area (Å²) in [5.74, 6) is -0.0973. The highest BCUT2D eigenvalue weighted by molar-refractivity contribution is 6.32. The number of fused-ring (bicyclic) bond motifs is 1. The van der Waals surface area contributed by atoms with Crippen LogP contribution >= 0.6 is 11.6 Å². The van der Waals surface area contributed by atoms with Crippen LogP contribution in [-0.4, -0.2) is 31.4 Å². The molecule has 18 heavy (non-hydrogen) atoms. The fourth-order valence-electron chi connectivity index (χ4n) is 1.70. The molecule has 2 rings (SSSR count). The van der Waals surface area contributed by atoms with E-state index in [0.29, 0.717) is 41.7 Å². The van der Waals surface area contributed by atoms with E-state index in [2.05, 4.69) is 4.74 Å². The average molecular weight is 273 g/mol. The summed E-state index contributed by atoms with van der Waals surface area (Å²) in [4.78, 5) is 11.4. The van der Waals surface area contributed by atoms with E-state index in [1.165, 1.54) is 13.2 Å². The van der Waals surface area contributed by atoms with Gasteiger partial charge in [0.05, 0.1) is 25.3 Å². The Kier molecular flexibility index (Phi) is 3.93. The predicted octanol–water partition coefficient (Wildman–Crippen LogP) is 1.71. The molecule has 1 aromatic rings. The SMILES string of the molecule is COC(=O)C(O)c1ccc(Cl)c2c1OCCCO2. The molecular weight excluding hydrogens is 260 g/mol. The van der Waals surface area contributed by atoms with Crippen LogP contribution in [0.4, 0.5) is 0 Å². The average Bonchev–Trinajstić information content (AvgIpc) is 2.64. The number of hydrogen-bond acceptors (Lipinski definition) is 5. The van der Waals surface area contributed by atoms with Crippen molar-refractivity contribution in [3.05, 3.63) is 22.7 Å². The van der Waals surface area contributed by atoms with Crippen molar-refractivity contribution in [2.45, 2.75) is 12.5 Å². The van der Waals surface area contributed by atoms with Gasteiger partial charge in [0.2, 0.25) is 0 Å². The number of ether oxygens (including phenoxy) is 3. The summed E-state index contributed by atoms with van der Waals surface area (Å²) in [5.41, 5.74) is 0.295. The number of methoxy groups -OCH3 is 1. The summed E-state index contributed by atoms with van der Waals surface area (Å²) < 4.78 is 15.5. The third kappa shape index (κ3) is 2.37. The number of aliphatic hydroxyl groups is 1. The Labute approximate surface area is 109 Å². The maximum Gasteiger partial charge on any atom is 0.339 e. The van der Waals surface area contributed by atoms with E-state index in [9.17, 15) is 9.90 Å². The van der Waals surface area contributed by atoms with E-state index in [-0.39, 0.29) is 0 Å². The molecule has 0 amide bonds. The molecule has 1 aliphatic rings. The molecule has 0 bridgehead atoms. The van der Waals surface area contributed by atoms with Crippen molar-refractivity contribution >= 4 is 17.6 Å². The number of esters is 1. The van der Waals surface area contributed by atoms with Crippen LogP contribution in [0.25, 0.3) is 0 Å². The van der Waals surface area contributed by atoms with E-state index in [0.717, 1.165) is 0 Å². The Morgan fingerprint density at radius 2 is 2.06 bits per heavy atom. The predicted molar refractivity (Wildman–Crippen MR) is 64.0 cm³/mol. The van der Waals surface area contributed by atoms with Crippen molar-refractivity contribution in [2.75, 3.05) is 20.3 Å². The Balaban J connectivity index is 2.45. The molecule has 0 fully saturated rings. The number of carbonyl (C=O) groups is 1. The second-order valence-corrected chi connectivity index (χ2v) is 4.18. The molecular formula is C12H13ClO5. The molecule has 0 saturated heterocycles. The maximum absolute atomic E-state index is 11.4. The number of halogens is 1. The molecule has 0 aliphatic carbocycles. The first-order chi connectivity index (χ1) is 8.65. The van der Waals surface area contributed by atoms with Crippen LogP contribution in [0.2, 0.25) is 5.02 Å². The number of benzene rings is 1. The highest BCUT2D eigenvalue weighted by Gasteiger charge is 2.27. The molecule has 6 heteroatoms. The second-order valence-electron chi connectivity index (χ2n) is 3.77. The van der Waals surface area contributed by atoms with Crippen LogP contribution in [0.3, 0.4) is 0 Å². The highest BCUT2D eigenvalue weighted by Crippen LogP contribution is 2.42. The summed E-state index contributed by atoms with van der Waals surface area (Å²) in [5, 5.41) is 10.3. The number of hydrogen-bond donors (Lipinski definition) is 1. The summed E-state index contributed by atoms with van der Waals surface area (Å²) in [6.45, 7) is 0.915. The minimum Gasteiger partial charge on any atom is -0.489 e. The highest BCUT2D eigenvalue weighted by atomic mass is 35.5. The van der Waals surface area contributed by atoms with Crippen molar-refractivity contribution in [3.8, 4) is 11.5 Å². The number of carbonyl (C=O) groups excluding carboxylic acids is 1. The van der Waals surface area contributed by atoms with E-state index in [1.807, 2.05) is 0 Å².